The van der Waals surface area contributed by atoms with Crippen LogP contribution in [0.1, 0.15) is 38.5 Å². The van der Waals surface area contributed by atoms with Crippen LogP contribution in [-0.2, 0) is 14.8 Å². The number of thiophene rings is 1. The fourth-order valence-corrected chi connectivity index (χ4v) is 6.66. The lowest BCUT2D eigenvalue weighted by atomic mass is 9.80. The molecule has 1 aromatic rings. The molecule has 1 heterocycles. The molecule has 1 N–H and O–H groups in total. The van der Waals surface area contributed by atoms with Crippen LogP contribution in [0.25, 0.3) is 0 Å². The lowest BCUT2D eigenvalue weighted by Crippen LogP contribution is -2.47. The van der Waals surface area contributed by atoms with Crippen molar-refractivity contribution >= 4 is 39.2 Å². The molecule has 1 aromatic heterocycles. The van der Waals surface area contributed by atoms with Gasteiger partial charge in [-0.1, -0.05) is 24.4 Å². The molecule has 0 saturated heterocycles. The Bertz CT molecular complexity index is 642. The van der Waals surface area contributed by atoms with Gasteiger partial charge in [-0.3, -0.25) is 0 Å². The lowest BCUT2D eigenvalue weighted by Gasteiger charge is -2.31. The third kappa shape index (κ3) is 2.79. The fourth-order valence-electron chi connectivity index (χ4n) is 3.77. The molecule has 7 heteroatoms. The second kappa shape index (κ2) is 5.65. The molecular weight excluding hydrogens is 330 g/mol. The average molecular weight is 348 g/mol. The number of fused-ring (bicyclic) bond motifs is 2. The van der Waals surface area contributed by atoms with E-state index in [1.54, 1.807) is 6.07 Å². The monoisotopic (exact) mass is 347 g/mol. The number of aldehydes is 1. The Morgan fingerprint density at radius 2 is 2.10 bits per heavy atom. The molecule has 2 aliphatic carbocycles. The van der Waals surface area contributed by atoms with E-state index in [2.05, 4.69) is 4.72 Å². The first kappa shape index (κ1) is 15.5. The van der Waals surface area contributed by atoms with Gasteiger partial charge >= 0.3 is 0 Å². The third-order valence-corrected chi connectivity index (χ3v) is 8.03. The van der Waals surface area contributed by atoms with Crippen molar-refractivity contribution < 1.29 is 13.2 Å². The van der Waals surface area contributed by atoms with E-state index >= 15 is 0 Å². The smallest absolute Gasteiger partial charge is 0.250 e. The maximum atomic E-state index is 12.5. The Morgan fingerprint density at radius 1 is 1.29 bits per heavy atom. The maximum Gasteiger partial charge on any atom is 0.250 e. The van der Waals surface area contributed by atoms with Crippen LogP contribution < -0.4 is 4.72 Å². The zero-order chi connectivity index (χ0) is 15.1. The van der Waals surface area contributed by atoms with Crippen molar-refractivity contribution in [1.29, 1.82) is 0 Å². The minimum atomic E-state index is -3.60. The molecule has 0 spiro atoms. The Morgan fingerprint density at radius 3 is 2.76 bits per heavy atom. The summed E-state index contributed by atoms with van der Waals surface area (Å²) in [7, 11) is -3.60. The Kier molecular flexibility index (Phi) is 4.16. The minimum absolute atomic E-state index is 0.220. The molecule has 4 nitrogen and oxygen atoms in total. The van der Waals surface area contributed by atoms with Crippen molar-refractivity contribution in [3.05, 3.63) is 16.5 Å². The van der Waals surface area contributed by atoms with Gasteiger partial charge < -0.3 is 4.79 Å². The van der Waals surface area contributed by atoms with Gasteiger partial charge in [0.25, 0.3) is 0 Å². The van der Waals surface area contributed by atoms with Crippen LogP contribution in [0.4, 0.5) is 0 Å². The number of carbonyl (C=O) groups excluding carboxylic acids is 1. The summed E-state index contributed by atoms with van der Waals surface area (Å²) >= 11 is 6.87. The number of rotatable bonds is 4. The number of hydrogen-bond donors (Lipinski definition) is 1. The molecule has 0 amide bonds. The zero-order valence-electron chi connectivity index (χ0n) is 11.5. The van der Waals surface area contributed by atoms with Crippen LogP contribution in [0.5, 0.6) is 0 Å². The average Bonchev–Trinajstić information content (AvgIpc) is 2.94. The zero-order valence-corrected chi connectivity index (χ0v) is 13.9. The van der Waals surface area contributed by atoms with Gasteiger partial charge in [0.05, 0.1) is 4.34 Å². The highest BCUT2D eigenvalue weighted by Crippen LogP contribution is 2.49. The van der Waals surface area contributed by atoms with Gasteiger partial charge in [-0.2, -0.15) is 0 Å². The molecule has 2 aliphatic rings. The summed E-state index contributed by atoms with van der Waals surface area (Å²) in [4.78, 5) is 11.7. The quantitative estimate of drug-likeness (QED) is 0.850. The Labute approximate surface area is 133 Å². The number of hydrogen-bond acceptors (Lipinski definition) is 4. The first-order valence-electron chi connectivity index (χ1n) is 7.21. The first-order valence-corrected chi connectivity index (χ1v) is 9.89. The van der Waals surface area contributed by atoms with E-state index in [0.29, 0.717) is 4.34 Å². The second-order valence-electron chi connectivity index (χ2n) is 6.05. The van der Waals surface area contributed by atoms with Crippen LogP contribution in [0.2, 0.25) is 4.34 Å². The van der Waals surface area contributed by atoms with E-state index < -0.39 is 15.4 Å². The summed E-state index contributed by atoms with van der Waals surface area (Å²) in [6, 6.07) is 2.82. The standard InChI is InChI=1S/C14H18ClNO3S2/c15-11-4-5-12(20-11)21(18,19)16-13-10-3-1-2-7-14(13,9-17)8-6-10/h4-5,9-10,13,16H,1-3,6-8H2. The molecule has 2 saturated carbocycles. The van der Waals surface area contributed by atoms with Crippen LogP contribution in [0.3, 0.4) is 0 Å². The molecule has 0 radical (unpaired) electrons. The van der Waals surface area contributed by atoms with Crippen molar-refractivity contribution in [2.75, 3.05) is 0 Å². The maximum absolute atomic E-state index is 12.5. The summed E-state index contributed by atoms with van der Waals surface area (Å²) in [5.41, 5.74) is -0.519. The van der Waals surface area contributed by atoms with Gasteiger partial charge in [-0.25, -0.2) is 13.1 Å². The summed E-state index contributed by atoms with van der Waals surface area (Å²) < 4.78 is 28.5. The second-order valence-corrected chi connectivity index (χ2v) is 9.71. The predicted molar refractivity (Wildman–Crippen MR) is 83.1 cm³/mol. The largest absolute Gasteiger partial charge is 0.303 e. The van der Waals surface area contributed by atoms with E-state index in [1.807, 2.05) is 0 Å². The number of carbonyl (C=O) groups is 1. The van der Waals surface area contributed by atoms with Gasteiger partial charge in [-0.15, -0.1) is 11.3 Å². The van der Waals surface area contributed by atoms with Crippen LogP contribution in [0, 0.1) is 11.3 Å². The number of sulfonamides is 1. The van der Waals surface area contributed by atoms with E-state index in [4.69, 9.17) is 11.6 Å². The first-order chi connectivity index (χ1) is 9.97. The summed E-state index contributed by atoms with van der Waals surface area (Å²) in [6.45, 7) is 0. The van der Waals surface area contributed by atoms with Gasteiger partial charge in [-0.05, 0) is 43.7 Å². The highest BCUT2D eigenvalue weighted by atomic mass is 35.5. The molecule has 3 unspecified atom stereocenters. The molecule has 2 fully saturated rings. The highest BCUT2D eigenvalue weighted by molar-refractivity contribution is 7.91. The summed E-state index contributed by atoms with van der Waals surface area (Å²) in [5, 5.41) is 0. The molecule has 116 valence electrons. The van der Waals surface area contributed by atoms with Gasteiger partial charge in [0, 0.05) is 11.5 Å². The minimum Gasteiger partial charge on any atom is -0.303 e. The summed E-state index contributed by atoms with van der Waals surface area (Å²) in [6.07, 6.45) is 6.56. The third-order valence-electron chi connectivity index (χ3n) is 4.87. The van der Waals surface area contributed by atoms with Crippen molar-refractivity contribution in [3.63, 3.8) is 0 Å². The van der Waals surface area contributed by atoms with Crippen LogP contribution in [-0.4, -0.2) is 20.7 Å². The Balaban J connectivity index is 1.90. The SMILES string of the molecule is O=CC12CCCCC(CC1)C2NS(=O)(=O)c1ccc(Cl)s1. The highest BCUT2D eigenvalue weighted by Gasteiger charge is 2.50. The van der Waals surface area contributed by atoms with Crippen molar-refractivity contribution in [1.82, 2.24) is 4.72 Å². The van der Waals surface area contributed by atoms with Crippen LogP contribution in [0.15, 0.2) is 16.3 Å². The van der Waals surface area contributed by atoms with E-state index in [0.717, 1.165) is 56.1 Å². The van der Waals surface area contributed by atoms with Crippen molar-refractivity contribution in [3.8, 4) is 0 Å². The van der Waals surface area contributed by atoms with E-state index in [1.165, 1.54) is 6.07 Å². The van der Waals surface area contributed by atoms with Gasteiger partial charge in [0.2, 0.25) is 10.0 Å². The molecule has 0 aromatic carbocycles. The molecule has 3 atom stereocenters. The van der Waals surface area contributed by atoms with Gasteiger partial charge in [0.15, 0.2) is 0 Å². The predicted octanol–water partition coefficient (Wildman–Crippen LogP) is 3.22. The molecule has 3 rings (SSSR count). The Hall–Kier alpha value is -0.430. The molecule has 0 aliphatic heterocycles. The number of halogens is 1. The van der Waals surface area contributed by atoms with E-state index in [9.17, 15) is 13.2 Å². The molecule has 2 bridgehead atoms. The summed E-state index contributed by atoms with van der Waals surface area (Å²) in [5.74, 6) is 0.267. The number of nitrogens with one attached hydrogen (secondary N) is 1. The molecular formula is C14H18ClNO3S2. The van der Waals surface area contributed by atoms with E-state index in [-0.39, 0.29) is 16.2 Å². The van der Waals surface area contributed by atoms with Gasteiger partial charge in [0.1, 0.15) is 10.5 Å². The fraction of sp³-hybridized carbons (Fsp3) is 0.643. The lowest BCUT2D eigenvalue weighted by molar-refractivity contribution is -0.117. The van der Waals surface area contributed by atoms with Crippen molar-refractivity contribution in [2.45, 2.75) is 48.8 Å². The van der Waals surface area contributed by atoms with Crippen molar-refractivity contribution in [2.24, 2.45) is 11.3 Å². The normalized spacial score (nSPS) is 32.8. The molecule has 21 heavy (non-hydrogen) atoms. The van der Waals surface area contributed by atoms with Crippen LogP contribution >= 0.6 is 22.9 Å². The topological polar surface area (TPSA) is 63.2 Å².